The van der Waals surface area contributed by atoms with Crippen LogP contribution in [-0.4, -0.2) is 60.1 Å². The Balaban J connectivity index is 1.66. The number of aromatic nitrogens is 1. The van der Waals surface area contributed by atoms with Crippen LogP contribution in [0.2, 0.25) is 0 Å². The maximum atomic E-state index is 13.4. The van der Waals surface area contributed by atoms with Crippen molar-refractivity contribution in [3.8, 4) is 17.0 Å². The van der Waals surface area contributed by atoms with Crippen LogP contribution in [-0.2, 0) is 0 Å². The molecule has 0 aliphatic carbocycles. The van der Waals surface area contributed by atoms with Crippen LogP contribution in [0.25, 0.3) is 22.2 Å². The van der Waals surface area contributed by atoms with E-state index in [1.165, 1.54) is 42.4 Å². The Morgan fingerprint density at radius 1 is 1.28 bits per heavy atom. The first-order chi connectivity index (χ1) is 16.3. The predicted octanol–water partition coefficient (Wildman–Crippen LogP) is 4.49. The van der Waals surface area contributed by atoms with Gasteiger partial charge in [0.2, 0.25) is 5.88 Å². The summed E-state index contributed by atoms with van der Waals surface area (Å²) in [5.41, 5.74) is 1.08. The Kier molecular flexibility index (Phi) is 4.54. The molecule has 1 N–H and O–H groups in total. The van der Waals surface area contributed by atoms with E-state index in [0.29, 0.717) is 16.6 Å². The third-order valence-electron chi connectivity index (χ3n) is 5.39. The molecule has 1 aliphatic rings. The van der Waals surface area contributed by atoms with E-state index in [1.807, 2.05) is 0 Å². The second kappa shape index (κ2) is 8.10. The molecule has 0 spiro atoms. The molecular weight excluding hydrogens is 424 g/mol. The number of piperidine rings is 1. The van der Waals surface area contributed by atoms with Crippen molar-refractivity contribution in [2.45, 2.75) is 18.8 Å². The van der Waals surface area contributed by atoms with E-state index in [0.717, 1.165) is 4.90 Å². The summed E-state index contributed by atoms with van der Waals surface area (Å²) in [5, 5.41) is 9.58. The fourth-order valence-electron chi connectivity index (χ4n) is 3.50. The molecular formula is C22H21F2N3O5. The normalized spacial score (nSPS) is 17.3. The molecule has 3 aromatic rings. The number of likely N-dealkylation sites (tertiary alicyclic amines) is 1. The van der Waals surface area contributed by atoms with E-state index in [9.17, 15) is 23.5 Å². The summed E-state index contributed by atoms with van der Waals surface area (Å²) in [6.07, 6.45) is -0.736. The number of furan rings is 1. The summed E-state index contributed by atoms with van der Waals surface area (Å²) in [7, 11) is -1.53. The Morgan fingerprint density at radius 2 is 2.03 bits per heavy atom. The highest BCUT2D eigenvalue weighted by Gasteiger charge is 2.35. The van der Waals surface area contributed by atoms with Gasteiger partial charge >= 0.3 is 6.09 Å². The molecule has 1 saturated heterocycles. The molecule has 8 nitrogen and oxygen atoms in total. The number of anilines is 1. The molecule has 4 rings (SSSR count). The number of carboxylic acid groups (broad SMARTS) is 1. The topological polar surface area (TPSA) is 96.1 Å². The van der Waals surface area contributed by atoms with E-state index in [2.05, 4.69) is 4.98 Å². The van der Waals surface area contributed by atoms with Gasteiger partial charge in [0.25, 0.3) is 11.8 Å². The first-order valence-corrected chi connectivity index (χ1v) is 9.70. The Bertz CT molecular complexity index is 1270. The number of carbonyl (C=O) groups excluding carboxylic acids is 1. The fourth-order valence-corrected chi connectivity index (χ4v) is 3.50. The lowest BCUT2D eigenvalue weighted by molar-refractivity contribution is -0.0494. The van der Waals surface area contributed by atoms with Crippen LogP contribution in [0.15, 0.2) is 40.9 Å². The van der Waals surface area contributed by atoms with Gasteiger partial charge in [-0.2, -0.15) is 0 Å². The van der Waals surface area contributed by atoms with Crippen molar-refractivity contribution in [2.75, 3.05) is 32.1 Å². The quantitative estimate of drug-likeness (QED) is 0.632. The van der Waals surface area contributed by atoms with E-state index < -0.39 is 25.0 Å². The van der Waals surface area contributed by atoms with Gasteiger partial charge < -0.3 is 19.2 Å². The molecule has 1 aromatic carbocycles. The Morgan fingerprint density at radius 3 is 2.66 bits per heavy atom. The fraction of sp³-hybridized carbons (Fsp3) is 0.318. The third kappa shape index (κ3) is 4.08. The van der Waals surface area contributed by atoms with Gasteiger partial charge in [-0.25, -0.2) is 13.6 Å². The number of hydrogen-bond acceptors (Lipinski definition) is 5. The first-order valence-electron chi connectivity index (χ1n) is 11.2. The van der Waals surface area contributed by atoms with E-state index in [-0.39, 0.29) is 48.7 Å². The van der Waals surface area contributed by atoms with Gasteiger partial charge in [-0.05, 0) is 24.3 Å². The maximum absolute atomic E-state index is 13.4. The van der Waals surface area contributed by atoms with Crippen LogP contribution in [0.1, 0.15) is 27.3 Å². The van der Waals surface area contributed by atoms with Crippen molar-refractivity contribution in [1.82, 2.24) is 9.88 Å². The van der Waals surface area contributed by atoms with Crippen LogP contribution in [0.5, 0.6) is 5.75 Å². The standard InChI is InChI=1S/C22H21F2N3O5/c1-26(21(29)30)18-11-15-9-14(10-17(31-2)19(15)32-18)16-4-3-13(12-25-16)20(28)27-7-5-22(23,24)6-8-27/h3-4,9-12H,5-8H2,1-2H3,(H,29,30)/i2D3. The average Bonchev–Trinajstić information content (AvgIpc) is 3.21. The van der Waals surface area contributed by atoms with Crippen LogP contribution in [0, 0.1) is 0 Å². The number of methoxy groups -OCH3 is 1. The highest BCUT2D eigenvalue weighted by Crippen LogP contribution is 2.36. The second-order valence-corrected chi connectivity index (χ2v) is 7.50. The molecule has 0 bridgehead atoms. The number of amides is 2. The summed E-state index contributed by atoms with van der Waals surface area (Å²) < 4.78 is 59.7. The van der Waals surface area contributed by atoms with Gasteiger partial charge in [-0.15, -0.1) is 0 Å². The zero-order valence-corrected chi connectivity index (χ0v) is 17.0. The van der Waals surface area contributed by atoms with E-state index >= 15 is 0 Å². The van der Waals surface area contributed by atoms with Gasteiger partial charge in [0.1, 0.15) is 0 Å². The minimum absolute atomic E-state index is 0.0407. The monoisotopic (exact) mass is 448 g/mol. The average molecular weight is 448 g/mol. The number of alkyl halides is 2. The van der Waals surface area contributed by atoms with Crippen molar-refractivity contribution >= 4 is 28.9 Å². The minimum Gasteiger partial charge on any atom is -0.493 e. The SMILES string of the molecule is [2H]C([2H])([2H])Oc1cc(-c2ccc(C(=O)N3CCC(F)(F)CC3)cn2)cc2cc(N(C)C(=O)O)oc12. The molecule has 32 heavy (non-hydrogen) atoms. The van der Waals surface area contributed by atoms with E-state index in [1.54, 1.807) is 6.07 Å². The molecule has 3 heterocycles. The second-order valence-electron chi connectivity index (χ2n) is 7.50. The molecule has 168 valence electrons. The number of nitrogens with zero attached hydrogens (tertiary/aromatic N) is 3. The molecule has 1 fully saturated rings. The number of pyridine rings is 1. The van der Waals surface area contributed by atoms with Gasteiger partial charge in [-0.3, -0.25) is 14.7 Å². The van der Waals surface area contributed by atoms with Crippen LogP contribution < -0.4 is 9.64 Å². The third-order valence-corrected chi connectivity index (χ3v) is 5.39. The zero-order valence-electron chi connectivity index (χ0n) is 20.0. The number of fused-ring (bicyclic) bond motifs is 1. The lowest BCUT2D eigenvalue weighted by Gasteiger charge is -2.31. The molecule has 2 amide bonds. The number of benzene rings is 1. The van der Waals surface area contributed by atoms with Gasteiger partial charge in [-0.1, -0.05) is 0 Å². The van der Waals surface area contributed by atoms with Gasteiger partial charge in [0.15, 0.2) is 11.3 Å². The van der Waals surface area contributed by atoms with E-state index in [4.69, 9.17) is 13.3 Å². The molecule has 0 saturated carbocycles. The van der Waals surface area contributed by atoms with Gasteiger partial charge in [0, 0.05) is 56.2 Å². The molecule has 1 aliphatic heterocycles. The number of carbonyl (C=O) groups is 2. The Labute approximate surface area is 186 Å². The van der Waals surface area contributed by atoms with Crippen LogP contribution in [0.4, 0.5) is 19.5 Å². The number of halogens is 2. The summed E-state index contributed by atoms with van der Waals surface area (Å²) in [6, 6.07) is 7.46. The highest BCUT2D eigenvalue weighted by atomic mass is 19.3. The summed E-state index contributed by atoms with van der Waals surface area (Å²) in [4.78, 5) is 30.4. The number of ether oxygens (including phenoxy) is 1. The summed E-state index contributed by atoms with van der Waals surface area (Å²) in [6.45, 7) is -0.0959. The van der Waals surface area contributed by atoms with Crippen LogP contribution >= 0.6 is 0 Å². The van der Waals surface area contributed by atoms with Crippen LogP contribution in [0.3, 0.4) is 0 Å². The molecule has 0 unspecified atom stereocenters. The molecule has 0 radical (unpaired) electrons. The predicted molar refractivity (Wildman–Crippen MR) is 113 cm³/mol. The van der Waals surface area contributed by atoms with Gasteiger partial charge in [0.05, 0.1) is 22.4 Å². The maximum Gasteiger partial charge on any atom is 0.413 e. The highest BCUT2D eigenvalue weighted by molar-refractivity contribution is 5.95. The number of hydrogen-bond donors (Lipinski definition) is 1. The Hall–Kier alpha value is -3.69. The van der Waals surface area contributed by atoms with Crippen molar-refractivity contribution in [2.24, 2.45) is 0 Å². The lowest BCUT2D eigenvalue weighted by atomic mass is 10.0. The first kappa shape index (κ1) is 17.9. The summed E-state index contributed by atoms with van der Waals surface area (Å²) >= 11 is 0. The number of rotatable bonds is 4. The molecule has 0 atom stereocenters. The van der Waals surface area contributed by atoms with Crippen molar-refractivity contribution < 1.29 is 36.7 Å². The summed E-state index contributed by atoms with van der Waals surface area (Å²) in [5.74, 6) is -3.35. The molecule has 2 aromatic heterocycles. The van der Waals surface area contributed by atoms with Crippen molar-refractivity contribution in [1.29, 1.82) is 0 Å². The smallest absolute Gasteiger partial charge is 0.413 e. The van der Waals surface area contributed by atoms with Crippen molar-refractivity contribution in [3.63, 3.8) is 0 Å². The lowest BCUT2D eigenvalue weighted by Crippen LogP contribution is -2.42. The zero-order chi connectivity index (χ0) is 25.5. The van der Waals surface area contributed by atoms with Crippen molar-refractivity contribution in [3.05, 3.63) is 42.1 Å². The molecule has 10 heteroatoms. The minimum atomic E-state index is -2.80. The largest absolute Gasteiger partial charge is 0.493 e.